The zero-order chi connectivity index (χ0) is 29.6. The first-order valence-corrected chi connectivity index (χ1v) is 15.4. The maximum absolute atomic E-state index is 2.41. The van der Waals surface area contributed by atoms with Crippen LogP contribution in [0.15, 0.2) is 158 Å². The third kappa shape index (κ3) is 4.39. The van der Waals surface area contributed by atoms with Crippen molar-refractivity contribution in [2.75, 3.05) is 0 Å². The highest BCUT2D eigenvalue weighted by molar-refractivity contribution is 6.24. The molecule has 0 amide bonds. The summed E-state index contributed by atoms with van der Waals surface area (Å²) in [6.07, 6.45) is 0. The van der Waals surface area contributed by atoms with Gasteiger partial charge < -0.3 is 0 Å². The fourth-order valence-electron chi connectivity index (χ4n) is 6.91. The van der Waals surface area contributed by atoms with E-state index in [1.54, 1.807) is 0 Å². The topological polar surface area (TPSA) is 0 Å². The van der Waals surface area contributed by atoms with Gasteiger partial charge in [0.2, 0.25) is 0 Å². The first-order chi connectivity index (χ1) is 21.7. The van der Waals surface area contributed by atoms with Gasteiger partial charge in [0.1, 0.15) is 0 Å². The van der Waals surface area contributed by atoms with Crippen LogP contribution in [0.2, 0.25) is 0 Å². The lowest BCUT2D eigenvalue weighted by molar-refractivity contribution is 1.49. The van der Waals surface area contributed by atoms with E-state index in [0.717, 1.165) is 0 Å². The minimum absolute atomic E-state index is 1.23. The highest BCUT2D eigenvalue weighted by Gasteiger charge is 2.21. The van der Waals surface area contributed by atoms with E-state index in [-0.39, 0.29) is 0 Å². The SMILES string of the molecule is Cc1ccc2c(-c3cc4ccccc4cc3-c3ccccc3)c3cc(C)ccc3c(-c3ccccc3-c3ccccc3)c2c1. The second-order valence-electron chi connectivity index (χ2n) is 11.9. The van der Waals surface area contributed by atoms with E-state index >= 15 is 0 Å². The molecule has 208 valence electrons. The summed E-state index contributed by atoms with van der Waals surface area (Å²) < 4.78 is 0. The molecule has 0 nitrogen and oxygen atoms in total. The zero-order valence-corrected chi connectivity index (χ0v) is 25.0. The van der Waals surface area contributed by atoms with Gasteiger partial charge in [-0.1, -0.05) is 157 Å². The molecular weight excluding hydrogens is 528 g/mol. The summed E-state index contributed by atoms with van der Waals surface area (Å²) >= 11 is 0. The summed E-state index contributed by atoms with van der Waals surface area (Å²) in [6, 6.07) is 58.0. The van der Waals surface area contributed by atoms with Crippen molar-refractivity contribution >= 4 is 32.3 Å². The van der Waals surface area contributed by atoms with E-state index < -0.39 is 0 Å². The Hall–Kier alpha value is -5.46. The molecule has 0 radical (unpaired) electrons. The molecule has 0 aliphatic heterocycles. The van der Waals surface area contributed by atoms with Gasteiger partial charge in [0, 0.05) is 0 Å². The molecule has 0 bridgehead atoms. The van der Waals surface area contributed by atoms with Crippen molar-refractivity contribution in [1.82, 2.24) is 0 Å². The lowest BCUT2D eigenvalue weighted by Gasteiger charge is -2.22. The molecule has 0 saturated heterocycles. The molecule has 0 unspecified atom stereocenters. The maximum atomic E-state index is 2.41. The molecule has 0 spiro atoms. The smallest absolute Gasteiger partial charge is 0.00198 e. The van der Waals surface area contributed by atoms with Crippen molar-refractivity contribution < 1.29 is 0 Å². The number of fused-ring (bicyclic) bond motifs is 3. The van der Waals surface area contributed by atoms with E-state index in [1.165, 1.54) is 88.0 Å². The van der Waals surface area contributed by atoms with Crippen LogP contribution in [0.1, 0.15) is 11.1 Å². The Labute approximate surface area is 258 Å². The van der Waals surface area contributed by atoms with Crippen molar-refractivity contribution in [1.29, 1.82) is 0 Å². The lowest BCUT2D eigenvalue weighted by atomic mass is 9.81. The monoisotopic (exact) mass is 560 g/mol. The summed E-state index contributed by atoms with van der Waals surface area (Å²) in [5, 5.41) is 7.63. The molecule has 0 fully saturated rings. The minimum Gasteiger partial charge on any atom is -0.0622 e. The molecule has 0 atom stereocenters. The standard InChI is InChI=1S/C44H32/c1-29-22-24-38-40(25-29)43(36-20-12-11-19-35(36)31-13-5-3-6-14-31)37-23-21-30(2)26-41(37)44(38)42-28-34-18-10-9-17-33(34)27-39(42)32-15-7-4-8-16-32/h3-28H,1-2H3. The molecule has 8 aromatic carbocycles. The van der Waals surface area contributed by atoms with E-state index in [1.807, 2.05) is 0 Å². The van der Waals surface area contributed by atoms with E-state index in [0.29, 0.717) is 0 Å². The Kier molecular flexibility index (Phi) is 6.35. The van der Waals surface area contributed by atoms with Gasteiger partial charge in [0.15, 0.2) is 0 Å². The first-order valence-electron chi connectivity index (χ1n) is 15.4. The van der Waals surface area contributed by atoms with Gasteiger partial charge in [-0.25, -0.2) is 0 Å². The van der Waals surface area contributed by atoms with Crippen LogP contribution in [0.25, 0.3) is 76.8 Å². The molecule has 0 saturated carbocycles. The summed E-state index contributed by atoms with van der Waals surface area (Å²) in [5.74, 6) is 0. The highest BCUT2D eigenvalue weighted by atomic mass is 14.2. The quantitative estimate of drug-likeness (QED) is 0.188. The van der Waals surface area contributed by atoms with E-state index in [9.17, 15) is 0 Å². The number of hydrogen-bond donors (Lipinski definition) is 0. The second-order valence-corrected chi connectivity index (χ2v) is 11.9. The van der Waals surface area contributed by atoms with Gasteiger partial charge in [-0.3, -0.25) is 0 Å². The van der Waals surface area contributed by atoms with Crippen LogP contribution in [0.3, 0.4) is 0 Å². The maximum Gasteiger partial charge on any atom is -0.00198 e. The molecule has 44 heavy (non-hydrogen) atoms. The van der Waals surface area contributed by atoms with Crippen LogP contribution in [0.5, 0.6) is 0 Å². The van der Waals surface area contributed by atoms with Crippen molar-refractivity contribution in [3.05, 3.63) is 169 Å². The highest BCUT2D eigenvalue weighted by Crippen LogP contribution is 2.49. The Bertz CT molecular complexity index is 2330. The molecule has 0 aliphatic rings. The minimum atomic E-state index is 1.23. The Morgan fingerprint density at radius 3 is 1.30 bits per heavy atom. The average molecular weight is 561 g/mol. The number of aryl methyl sites for hydroxylation is 2. The Morgan fingerprint density at radius 2 is 0.727 bits per heavy atom. The Morgan fingerprint density at radius 1 is 0.295 bits per heavy atom. The van der Waals surface area contributed by atoms with Gasteiger partial charge in [-0.15, -0.1) is 0 Å². The van der Waals surface area contributed by atoms with Crippen molar-refractivity contribution in [3.8, 4) is 44.5 Å². The molecule has 0 aliphatic carbocycles. The summed E-state index contributed by atoms with van der Waals surface area (Å²) in [6.45, 7) is 4.41. The fourth-order valence-corrected chi connectivity index (χ4v) is 6.91. The predicted octanol–water partition coefficient (Wildman–Crippen LogP) is 12.4. The fraction of sp³-hybridized carbons (Fsp3) is 0.0455. The van der Waals surface area contributed by atoms with Crippen molar-refractivity contribution in [2.45, 2.75) is 13.8 Å². The number of hydrogen-bond acceptors (Lipinski definition) is 0. The first kappa shape index (κ1) is 26.2. The lowest BCUT2D eigenvalue weighted by Crippen LogP contribution is -1.95. The van der Waals surface area contributed by atoms with Crippen LogP contribution in [-0.2, 0) is 0 Å². The zero-order valence-electron chi connectivity index (χ0n) is 25.0. The molecule has 0 N–H and O–H groups in total. The summed E-state index contributed by atoms with van der Waals surface area (Å²) in [4.78, 5) is 0. The molecule has 0 aromatic heterocycles. The molecular formula is C44H32. The van der Waals surface area contributed by atoms with Crippen LogP contribution < -0.4 is 0 Å². The van der Waals surface area contributed by atoms with Crippen LogP contribution in [0, 0.1) is 13.8 Å². The van der Waals surface area contributed by atoms with Gasteiger partial charge in [0.25, 0.3) is 0 Å². The van der Waals surface area contributed by atoms with E-state index in [4.69, 9.17) is 0 Å². The predicted molar refractivity (Wildman–Crippen MR) is 190 cm³/mol. The van der Waals surface area contributed by atoms with Gasteiger partial charge in [-0.05, 0) is 103 Å². The molecule has 0 heterocycles. The van der Waals surface area contributed by atoms with Crippen LogP contribution in [0.4, 0.5) is 0 Å². The number of rotatable bonds is 4. The summed E-state index contributed by atoms with van der Waals surface area (Å²) in [5.41, 5.74) is 12.6. The van der Waals surface area contributed by atoms with Crippen molar-refractivity contribution in [2.24, 2.45) is 0 Å². The van der Waals surface area contributed by atoms with Gasteiger partial charge >= 0.3 is 0 Å². The largest absolute Gasteiger partial charge is 0.0622 e. The van der Waals surface area contributed by atoms with E-state index in [2.05, 4.69) is 172 Å². The molecule has 8 aromatic rings. The average Bonchev–Trinajstić information content (AvgIpc) is 3.07. The van der Waals surface area contributed by atoms with Gasteiger partial charge in [-0.2, -0.15) is 0 Å². The second kappa shape index (κ2) is 10.7. The summed E-state index contributed by atoms with van der Waals surface area (Å²) in [7, 11) is 0. The van der Waals surface area contributed by atoms with Crippen molar-refractivity contribution in [3.63, 3.8) is 0 Å². The number of benzene rings is 8. The third-order valence-electron chi connectivity index (χ3n) is 8.95. The third-order valence-corrected chi connectivity index (χ3v) is 8.95. The van der Waals surface area contributed by atoms with Gasteiger partial charge in [0.05, 0.1) is 0 Å². The normalized spacial score (nSPS) is 11.4. The van der Waals surface area contributed by atoms with Crippen LogP contribution >= 0.6 is 0 Å². The molecule has 8 rings (SSSR count). The van der Waals surface area contributed by atoms with Crippen LogP contribution in [-0.4, -0.2) is 0 Å². The Balaban J connectivity index is 1.56. The molecule has 0 heteroatoms.